The minimum atomic E-state index is -0.0300. The highest BCUT2D eigenvalue weighted by molar-refractivity contribution is 8.76. The summed E-state index contributed by atoms with van der Waals surface area (Å²) in [6, 6.07) is 33.3. The molecule has 0 atom stereocenters. The second kappa shape index (κ2) is 17.7. The Morgan fingerprint density at radius 1 is 0.550 bits per heavy atom. The molecule has 0 spiro atoms. The van der Waals surface area contributed by atoms with Crippen LogP contribution < -0.4 is 19.8 Å². The van der Waals surface area contributed by atoms with E-state index in [-0.39, 0.29) is 24.9 Å². The van der Waals surface area contributed by atoms with Gasteiger partial charge in [-0.05, 0) is 62.4 Å². The Morgan fingerprint density at radius 3 is 1.33 bits per heavy atom. The molecule has 8 rings (SSSR count). The van der Waals surface area contributed by atoms with Crippen LogP contribution in [0.1, 0.15) is 34.2 Å². The van der Waals surface area contributed by atoms with Crippen LogP contribution in [0.5, 0.6) is 0 Å². The Hall–Kier alpha value is -5.98. The maximum Gasteiger partial charge on any atom is 0.282 e. The molecule has 8 aromatic rings. The number of carbonyl (C=O) groups excluding carboxylic acids is 2. The largest absolute Gasteiger partial charge is 0.352 e. The van der Waals surface area contributed by atoms with Crippen molar-refractivity contribution in [2.24, 2.45) is 28.2 Å². The molecule has 2 amide bonds. The Kier molecular flexibility index (Phi) is 12.0. The van der Waals surface area contributed by atoms with Gasteiger partial charge in [-0.3, -0.25) is 9.59 Å². The molecule has 2 N–H and O–H groups in total. The molecule has 0 aliphatic carbocycles. The van der Waals surface area contributed by atoms with Gasteiger partial charge in [0, 0.05) is 95.2 Å². The summed E-state index contributed by atoms with van der Waals surface area (Å²) in [5.74, 6) is 3.36. The average molecular weight is 837 g/mol. The van der Waals surface area contributed by atoms with Gasteiger partial charge in [-0.2, -0.15) is 0 Å². The molecule has 0 aliphatic heterocycles. The van der Waals surface area contributed by atoms with E-state index in [1.807, 2.05) is 24.3 Å². The summed E-state index contributed by atoms with van der Waals surface area (Å²) in [6.45, 7) is 5.83. The SMILES string of the molecule is Cc1c(/C=C/c2n(CC(=O)NCCSSCCNC(=O)Cn3c(/C=C/c4c(C)n(C)c5ccccc45)[n+](C)c4ccccc43)c3ccccc3[n+]2C)c2ccccc2n1C. The Bertz CT molecular complexity index is 2760. The van der Waals surface area contributed by atoms with Gasteiger partial charge in [0.2, 0.25) is 0 Å². The summed E-state index contributed by atoms with van der Waals surface area (Å²) in [4.78, 5) is 26.7. The van der Waals surface area contributed by atoms with Crippen molar-refractivity contribution >= 4 is 102 Å². The Labute approximate surface area is 358 Å². The average Bonchev–Trinajstić information content (AvgIpc) is 3.87. The zero-order valence-electron chi connectivity index (χ0n) is 35.1. The van der Waals surface area contributed by atoms with E-state index >= 15 is 0 Å². The standard InChI is InChI=1S/C48H50N8O2S2/c1-33-35(37-15-7-9-17-39(37)51(33)3)23-25-47-53(5)41-19-11-13-21-43(41)55(47)31-45(57)49-27-29-59-60-30-28-50-46(58)32-56-44-22-14-12-20-42(44)54(6)48(56)26-24-36-34(2)52(4)40-18-10-8-16-38(36)40/h7-26H,27-32H2,1-6H3/p+2. The molecule has 4 aromatic carbocycles. The number of nitrogens with zero attached hydrogens (tertiary/aromatic N) is 6. The molecule has 4 aromatic heterocycles. The summed E-state index contributed by atoms with van der Waals surface area (Å²) in [6.07, 6.45) is 8.59. The highest BCUT2D eigenvalue weighted by atomic mass is 33.1. The first-order valence-corrected chi connectivity index (χ1v) is 22.8. The van der Waals surface area contributed by atoms with E-state index in [1.54, 1.807) is 21.6 Å². The van der Waals surface area contributed by atoms with Gasteiger partial charge in [0.05, 0.1) is 14.1 Å². The third-order valence-corrected chi connectivity index (χ3v) is 14.1. The number of hydrogen-bond acceptors (Lipinski definition) is 4. The van der Waals surface area contributed by atoms with Crippen LogP contribution in [-0.2, 0) is 50.9 Å². The van der Waals surface area contributed by atoms with Crippen LogP contribution in [0.15, 0.2) is 97.1 Å². The normalized spacial score (nSPS) is 12.0. The molecular weight excluding hydrogens is 785 g/mol. The smallest absolute Gasteiger partial charge is 0.282 e. The zero-order valence-corrected chi connectivity index (χ0v) is 36.7. The van der Waals surface area contributed by atoms with Crippen molar-refractivity contribution in [3.8, 4) is 0 Å². The molecule has 0 fully saturated rings. The third-order valence-electron chi connectivity index (χ3n) is 11.7. The van der Waals surface area contributed by atoms with Crippen LogP contribution >= 0.6 is 21.6 Å². The molecule has 0 unspecified atom stereocenters. The van der Waals surface area contributed by atoms with E-state index in [1.165, 1.54) is 44.3 Å². The lowest BCUT2D eigenvalue weighted by atomic mass is 10.1. The minimum Gasteiger partial charge on any atom is -0.352 e. The van der Waals surface area contributed by atoms with Crippen molar-refractivity contribution in [1.29, 1.82) is 0 Å². The summed E-state index contributed by atoms with van der Waals surface area (Å²) in [5, 5.41) is 8.66. The summed E-state index contributed by atoms with van der Waals surface area (Å²) in [7, 11) is 11.7. The Balaban J connectivity index is 0.834. The van der Waals surface area contributed by atoms with E-state index in [0.717, 1.165) is 45.2 Å². The van der Waals surface area contributed by atoms with Gasteiger partial charge in [-0.25, -0.2) is 18.3 Å². The van der Waals surface area contributed by atoms with E-state index in [4.69, 9.17) is 0 Å². The second-order valence-corrected chi connectivity index (χ2v) is 17.8. The van der Waals surface area contributed by atoms with Crippen LogP contribution in [0, 0.1) is 13.8 Å². The number of imidazole rings is 2. The van der Waals surface area contributed by atoms with Crippen molar-refractivity contribution in [3.05, 3.63) is 131 Å². The van der Waals surface area contributed by atoms with Crippen LogP contribution in [0.4, 0.5) is 0 Å². The molecule has 60 heavy (non-hydrogen) atoms. The number of hydrogen-bond donors (Lipinski definition) is 2. The fourth-order valence-corrected chi connectivity index (χ4v) is 10.2. The molecule has 0 radical (unpaired) electrons. The molecule has 0 bridgehead atoms. The highest BCUT2D eigenvalue weighted by Gasteiger charge is 2.24. The lowest BCUT2D eigenvalue weighted by Gasteiger charge is -2.06. The number of aryl methyl sites for hydroxylation is 4. The number of benzene rings is 4. The number of fused-ring (bicyclic) bond motifs is 4. The maximum atomic E-state index is 13.3. The van der Waals surface area contributed by atoms with E-state index in [2.05, 4.69) is 177 Å². The van der Waals surface area contributed by atoms with Crippen molar-refractivity contribution in [1.82, 2.24) is 28.9 Å². The van der Waals surface area contributed by atoms with Gasteiger partial charge in [-0.1, -0.05) is 82.3 Å². The topological polar surface area (TPSA) is 85.7 Å². The Morgan fingerprint density at radius 2 is 0.917 bits per heavy atom. The molecule has 0 saturated heterocycles. The minimum absolute atomic E-state index is 0.0300. The maximum absolute atomic E-state index is 13.3. The third kappa shape index (κ3) is 7.89. The number of nitrogens with one attached hydrogen (secondary N) is 2. The zero-order chi connectivity index (χ0) is 41.9. The van der Waals surface area contributed by atoms with E-state index < -0.39 is 0 Å². The van der Waals surface area contributed by atoms with Gasteiger partial charge in [0.25, 0.3) is 23.5 Å². The van der Waals surface area contributed by atoms with Crippen molar-refractivity contribution in [2.75, 3.05) is 24.6 Å². The van der Waals surface area contributed by atoms with Crippen LogP contribution in [-0.4, -0.2) is 54.7 Å². The molecule has 0 aliphatic rings. The van der Waals surface area contributed by atoms with Crippen LogP contribution in [0.25, 0.3) is 68.2 Å². The predicted molar refractivity (Wildman–Crippen MR) is 250 cm³/mol. The fourth-order valence-electron chi connectivity index (χ4n) is 8.36. The number of amides is 2. The second-order valence-electron chi connectivity index (χ2n) is 15.1. The van der Waals surface area contributed by atoms with Gasteiger partial charge in [0.15, 0.2) is 35.2 Å². The van der Waals surface area contributed by atoms with Gasteiger partial charge in [0.1, 0.15) is 0 Å². The number of rotatable bonds is 15. The van der Waals surface area contributed by atoms with Crippen molar-refractivity contribution < 1.29 is 18.7 Å². The van der Waals surface area contributed by atoms with Crippen molar-refractivity contribution in [3.63, 3.8) is 0 Å². The first-order valence-electron chi connectivity index (χ1n) is 20.3. The first-order chi connectivity index (χ1) is 29.1. The van der Waals surface area contributed by atoms with Gasteiger partial charge < -0.3 is 19.8 Å². The van der Waals surface area contributed by atoms with E-state index in [0.29, 0.717) is 13.1 Å². The lowest BCUT2D eigenvalue weighted by Crippen LogP contribution is -2.34. The van der Waals surface area contributed by atoms with Crippen LogP contribution in [0.2, 0.25) is 0 Å². The molecule has 10 nitrogen and oxygen atoms in total. The van der Waals surface area contributed by atoms with Crippen molar-refractivity contribution in [2.45, 2.75) is 26.9 Å². The number of carbonyl (C=O) groups is 2. The van der Waals surface area contributed by atoms with Gasteiger partial charge >= 0.3 is 0 Å². The highest BCUT2D eigenvalue weighted by Crippen LogP contribution is 2.29. The summed E-state index contributed by atoms with van der Waals surface area (Å²) < 4.78 is 12.9. The fraction of sp³-hybridized carbons (Fsp3) is 0.250. The molecule has 12 heteroatoms. The lowest BCUT2D eigenvalue weighted by molar-refractivity contribution is -0.647. The monoisotopic (exact) mass is 836 g/mol. The predicted octanol–water partition coefficient (Wildman–Crippen LogP) is 7.50. The summed E-state index contributed by atoms with van der Waals surface area (Å²) >= 11 is 0. The van der Waals surface area contributed by atoms with Crippen LogP contribution in [0.3, 0.4) is 0 Å². The number of aromatic nitrogens is 6. The first kappa shape index (κ1) is 40.8. The van der Waals surface area contributed by atoms with Gasteiger partial charge in [-0.15, -0.1) is 0 Å². The number of para-hydroxylation sites is 6. The quantitative estimate of drug-likeness (QED) is 0.0637. The molecule has 4 heterocycles. The molecule has 0 saturated carbocycles. The molecular formula is C48H52N8O2S2+2. The van der Waals surface area contributed by atoms with E-state index in [9.17, 15) is 9.59 Å². The summed E-state index contributed by atoms with van der Waals surface area (Å²) in [5.41, 5.74) is 11.3. The molecule has 306 valence electrons.